The Hall–Kier alpha value is -2.00. The van der Waals surface area contributed by atoms with Crippen molar-refractivity contribution in [3.63, 3.8) is 0 Å². The van der Waals surface area contributed by atoms with Crippen LogP contribution in [0.5, 0.6) is 0 Å². The summed E-state index contributed by atoms with van der Waals surface area (Å²) in [6.45, 7) is 1.15. The Balaban J connectivity index is 1.90. The number of carbonyl (C=O) groups is 2. The molecular formula is C25H30Cl3N3O4S. The van der Waals surface area contributed by atoms with E-state index in [1.165, 1.54) is 23.1 Å². The summed E-state index contributed by atoms with van der Waals surface area (Å²) < 4.78 is 26.3. The molecule has 2 aromatic carbocycles. The molecule has 1 fully saturated rings. The summed E-state index contributed by atoms with van der Waals surface area (Å²) in [4.78, 5) is 28.2. The van der Waals surface area contributed by atoms with Crippen molar-refractivity contribution in [2.75, 3.05) is 17.1 Å². The van der Waals surface area contributed by atoms with Crippen LogP contribution in [0, 0.1) is 0 Å². The lowest BCUT2D eigenvalue weighted by Crippen LogP contribution is -2.53. The Labute approximate surface area is 227 Å². The lowest BCUT2D eigenvalue weighted by molar-refractivity contribution is -0.139. The SMILES string of the molecule is CC(C(=O)NC1CCCCC1)N(Cc1cccc(Cl)c1)C(=O)CN(c1cc(Cl)ccc1Cl)S(C)(=O)=O. The Morgan fingerprint density at radius 2 is 1.69 bits per heavy atom. The molecule has 0 bridgehead atoms. The molecule has 0 aliphatic heterocycles. The van der Waals surface area contributed by atoms with Crippen molar-refractivity contribution in [3.8, 4) is 0 Å². The fourth-order valence-corrected chi connectivity index (χ4v) is 5.76. The predicted molar refractivity (Wildman–Crippen MR) is 145 cm³/mol. The minimum atomic E-state index is -3.91. The van der Waals surface area contributed by atoms with Gasteiger partial charge in [-0.25, -0.2) is 8.42 Å². The molecule has 0 spiro atoms. The van der Waals surface area contributed by atoms with Gasteiger partial charge in [-0.15, -0.1) is 0 Å². The van der Waals surface area contributed by atoms with E-state index in [1.54, 1.807) is 31.2 Å². The molecule has 0 radical (unpaired) electrons. The summed E-state index contributed by atoms with van der Waals surface area (Å²) in [6, 6.07) is 10.5. The summed E-state index contributed by atoms with van der Waals surface area (Å²) in [6.07, 6.45) is 6.03. The Bertz CT molecular complexity index is 1200. The zero-order valence-electron chi connectivity index (χ0n) is 20.2. The standard InChI is InChI=1S/C25H30Cl3N3O4S/c1-17(25(33)29-21-9-4-3-5-10-21)30(15-18-7-6-8-19(26)13-18)24(32)16-31(36(2,34)35)23-14-20(27)11-12-22(23)28/h6-8,11-14,17,21H,3-5,9-10,15-16H2,1-2H3,(H,29,33). The van der Waals surface area contributed by atoms with Gasteiger partial charge in [0, 0.05) is 22.6 Å². The molecule has 1 N–H and O–H groups in total. The topological polar surface area (TPSA) is 86.8 Å². The lowest BCUT2D eigenvalue weighted by Gasteiger charge is -2.33. The van der Waals surface area contributed by atoms with Crippen molar-refractivity contribution in [3.05, 3.63) is 63.1 Å². The van der Waals surface area contributed by atoms with E-state index in [4.69, 9.17) is 34.8 Å². The average molecular weight is 575 g/mol. The molecule has 2 amide bonds. The molecule has 11 heteroatoms. The van der Waals surface area contributed by atoms with Gasteiger partial charge < -0.3 is 10.2 Å². The molecule has 2 aromatic rings. The normalized spacial score (nSPS) is 15.2. The van der Waals surface area contributed by atoms with Crippen LogP contribution in [0.3, 0.4) is 0 Å². The number of anilines is 1. The Morgan fingerprint density at radius 1 is 1.03 bits per heavy atom. The molecule has 36 heavy (non-hydrogen) atoms. The highest BCUT2D eigenvalue weighted by Crippen LogP contribution is 2.31. The van der Waals surface area contributed by atoms with Gasteiger partial charge in [0.1, 0.15) is 12.6 Å². The fourth-order valence-electron chi connectivity index (χ4n) is 4.26. The second-order valence-electron chi connectivity index (χ2n) is 9.04. The van der Waals surface area contributed by atoms with E-state index in [1.807, 2.05) is 0 Å². The van der Waals surface area contributed by atoms with Gasteiger partial charge in [0.2, 0.25) is 21.8 Å². The van der Waals surface area contributed by atoms with E-state index in [-0.39, 0.29) is 34.2 Å². The third-order valence-corrected chi connectivity index (χ3v) is 8.13. The number of benzene rings is 2. The van der Waals surface area contributed by atoms with E-state index in [9.17, 15) is 18.0 Å². The summed E-state index contributed by atoms with van der Waals surface area (Å²) in [5.41, 5.74) is 0.793. The van der Waals surface area contributed by atoms with Crippen LogP contribution in [0.15, 0.2) is 42.5 Å². The average Bonchev–Trinajstić information content (AvgIpc) is 2.82. The smallest absolute Gasteiger partial charge is 0.244 e. The van der Waals surface area contributed by atoms with Crippen molar-refractivity contribution in [2.24, 2.45) is 0 Å². The highest BCUT2D eigenvalue weighted by atomic mass is 35.5. The van der Waals surface area contributed by atoms with E-state index in [2.05, 4.69) is 5.32 Å². The van der Waals surface area contributed by atoms with Crippen LogP contribution in [0.4, 0.5) is 5.69 Å². The predicted octanol–water partition coefficient (Wildman–Crippen LogP) is 5.28. The second kappa shape index (κ2) is 12.5. The number of hydrogen-bond acceptors (Lipinski definition) is 4. The first-order valence-electron chi connectivity index (χ1n) is 11.7. The van der Waals surface area contributed by atoms with E-state index >= 15 is 0 Å². The minimum Gasteiger partial charge on any atom is -0.352 e. The van der Waals surface area contributed by atoms with Crippen LogP contribution >= 0.6 is 34.8 Å². The number of halogens is 3. The fraction of sp³-hybridized carbons (Fsp3) is 0.440. The van der Waals surface area contributed by atoms with Gasteiger partial charge >= 0.3 is 0 Å². The van der Waals surface area contributed by atoms with Crippen molar-refractivity contribution in [1.29, 1.82) is 0 Å². The van der Waals surface area contributed by atoms with Crippen molar-refractivity contribution in [2.45, 2.75) is 57.7 Å². The number of sulfonamides is 1. The molecule has 0 saturated heterocycles. The van der Waals surface area contributed by atoms with Gasteiger partial charge in [0.15, 0.2) is 0 Å². The molecule has 0 heterocycles. The third-order valence-electron chi connectivity index (χ3n) is 6.22. The molecule has 1 unspecified atom stereocenters. The Kier molecular flexibility index (Phi) is 9.92. The van der Waals surface area contributed by atoms with Crippen LogP contribution in [0.1, 0.15) is 44.6 Å². The van der Waals surface area contributed by atoms with Gasteiger partial charge in [-0.3, -0.25) is 13.9 Å². The number of hydrogen-bond donors (Lipinski definition) is 1. The maximum Gasteiger partial charge on any atom is 0.244 e. The summed E-state index contributed by atoms with van der Waals surface area (Å²) >= 11 is 18.5. The van der Waals surface area contributed by atoms with E-state index in [0.29, 0.717) is 10.6 Å². The van der Waals surface area contributed by atoms with Crippen LogP contribution in [0.25, 0.3) is 0 Å². The summed E-state index contributed by atoms with van der Waals surface area (Å²) in [5, 5.41) is 3.94. The van der Waals surface area contributed by atoms with Gasteiger partial charge in [-0.2, -0.15) is 0 Å². The van der Waals surface area contributed by atoms with E-state index in [0.717, 1.165) is 42.7 Å². The van der Waals surface area contributed by atoms with Gasteiger partial charge in [0.25, 0.3) is 0 Å². The quantitative estimate of drug-likeness (QED) is 0.442. The first-order chi connectivity index (χ1) is 17.0. The van der Waals surface area contributed by atoms with Crippen molar-refractivity contribution in [1.82, 2.24) is 10.2 Å². The van der Waals surface area contributed by atoms with Crippen LogP contribution in [0.2, 0.25) is 15.1 Å². The first-order valence-corrected chi connectivity index (χ1v) is 14.7. The van der Waals surface area contributed by atoms with Gasteiger partial charge in [-0.1, -0.05) is 66.2 Å². The Morgan fingerprint density at radius 3 is 2.33 bits per heavy atom. The summed E-state index contributed by atoms with van der Waals surface area (Å²) in [5.74, 6) is -0.855. The first kappa shape index (κ1) is 28.6. The molecular weight excluding hydrogens is 545 g/mol. The molecule has 1 saturated carbocycles. The second-order valence-corrected chi connectivity index (χ2v) is 12.2. The van der Waals surface area contributed by atoms with Crippen molar-refractivity contribution < 1.29 is 18.0 Å². The maximum absolute atomic E-state index is 13.6. The van der Waals surface area contributed by atoms with Crippen LogP contribution in [-0.4, -0.2) is 50.0 Å². The number of rotatable bonds is 9. The van der Waals surface area contributed by atoms with Crippen LogP contribution in [-0.2, 0) is 26.2 Å². The summed E-state index contributed by atoms with van der Waals surface area (Å²) in [7, 11) is -3.91. The molecule has 1 aliphatic carbocycles. The number of nitrogens with zero attached hydrogens (tertiary/aromatic N) is 2. The minimum absolute atomic E-state index is 0.0645. The van der Waals surface area contributed by atoms with Crippen molar-refractivity contribution >= 4 is 62.3 Å². The van der Waals surface area contributed by atoms with E-state index < -0.39 is 28.5 Å². The highest BCUT2D eigenvalue weighted by Gasteiger charge is 2.32. The van der Waals surface area contributed by atoms with Gasteiger partial charge in [-0.05, 0) is 55.7 Å². The van der Waals surface area contributed by atoms with Crippen LogP contribution < -0.4 is 9.62 Å². The number of carbonyl (C=O) groups excluding carboxylic acids is 2. The zero-order chi connectivity index (χ0) is 26.5. The number of nitrogens with one attached hydrogen (secondary N) is 1. The maximum atomic E-state index is 13.6. The molecule has 196 valence electrons. The monoisotopic (exact) mass is 573 g/mol. The third kappa shape index (κ3) is 7.75. The molecule has 7 nitrogen and oxygen atoms in total. The molecule has 0 aromatic heterocycles. The molecule has 3 rings (SSSR count). The molecule has 1 atom stereocenters. The largest absolute Gasteiger partial charge is 0.352 e. The van der Waals surface area contributed by atoms with Gasteiger partial charge in [0.05, 0.1) is 17.0 Å². The highest BCUT2D eigenvalue weighted by molar-refractivity contribution is 7.92. The lowest BCUT2D eigenvalue weighted by atomic mass is 9.95. The molecule has 1 aliphatic rings. The number of amides is 2. The zero-order valence-corrected chi connectivity index (χ0v) is 23.3.